The van der Waals surface area contributed by atoms with Crippen molar-refractivity contribution in [1.29, 1.82) is 0 Å². The number of ether oxygens (including phenoxy) is 1. The number of nitrogens with zero attached hydrogens (tertiary/aromatic N) is 2. The maximum Gasteiger partial charge on any atom is 0.264 e. The maximum atomic E-state index is 12.0. The normalized spacial score (nSPS) is 12.9. The molecule has 0 spiro atoms. The van der Waals surface area contributed by atoms with Gasteiger partial charge in [0.15, 0.2) is 6.61 Å². The van der Waals surface area contributed by atoms with Crippen LogP contribution in [-0.4, -0.2) is 22.7 Å². The molecular formula is C18H23N3O2S. The van der Waals surface area contributed by atoms with Crippen LogP contribution in [0, 0.1) is 0 Å². The molecule has 1 N–H and O–H groups in total. The number of carbonyl (C=O) groups is 1. The quantitative estimate of drug-likeness (QED) is 0.740. The van der Waals surface area contributed by atoms with E-state index in [1.54, 1.807) is 0 Å². The number of anilines is 1. The first kappa shape index (κ1) is 16.9. The highest BCUT2D eigenvalue weighted by Gasteiger charge is 2.12. The van der Waals surface area contributed by atoms with Crippen molar-refractivity contribution >= 4 is 22.4 Å². The molecule has 0 unspecified atom stereocenters. The first-order valence-corrected chi connectivity index (χ1v) is 9.43. The predicted octanol–water partition coefficient (Wildman–Crippen LogP) is 3.78. The van der Waals surface area contributed by atoms with Crippen LogP contribution in [0.15, 0.2) is 18.2 Å². The Morgan fingerprint density at radius 3 is 3.00 bits per heavy atom. The molecule has 0 atom stereocenters. The third-order valence-electron chi connectivity index (χ3n) is 4.15. The number of aryl methyl sites for hydroxylation is 3. The van der Waals surface area contributed by atoms with Crippen LogP contribution in [-0.2, 0) is 24.1 Å². The molecule has 128 valence electrons. The first-order valence-electron chi connectivity index (χ1n) is 8.61. The molecule has 1 amide bonds. The summed E-state index contributed by atoms with van der Waals surface area (Å²) >= 11 is 1.44. The van der Waals surface area contributed by atoms with Crippen LogP contribution in [0.4, 0.5) is 5.13 Å². The van der Waals surface area contributed by atoms with Gasteiger partial charge in [-0.1, -0.05) is 37.2 Å². The van der Waals surface area contributed by atoms with Crippen molar-refractivity contribution in [1.82, 2.24) is 10.2 Å². The fourth-order valence-electron chi connectivity index (χ4n) is 2.87. The third kappa shape index (κ3) is 4.54. The van der Waals surface area contributed by atoms with E-state index in [0.29, 0.717) is 5.13 Å². The van der Waals surface area contributed by atoms with Crippen LogP contribution in [0.25, 0.3) is 0 Å². The zero-order valence-electron chi connectivity index (χ0n) is 14.0. The fourth-order valence-corrected chi connectivity index (χ4v) is 3.67. The number of hydrogen-bond acceptors (Lipinski definition) is 5. The number of amides is 1. The van der Waals surface area contributed by atoms with Crippen molar-refractivity contribution in [3.05, 3.63) is 34.3 Å². The Balaban J connectivity index is 1.45. The summed E-state index contributed by atoms with van der Waals surface area (Å²) in [6, 6.07) is 6.09. The van der Waals surface area contributed by atoms with E-state index in [4.69, 9.17) is 4.74 Å². The van der Waals surface area contributed by atoms with E-state index in [1.165, 1.54) is 41.7 Å². The number of rotatable bonds is 8. The smallest absolute Gasteiger partial charge is 0.264 e. The van der Waals surface area contributed by atoms with Crippen molar-refractivity contribution in [2.45, 2.75) is 51.9 Å². The van der Waals surface area contributed by atoms with Gasteiger partial charge < -0.3 is 4.74 Å². The van der Waals surface area contributed by atoms with Gasteiger partial charge in [-0.25, -0.2) is 0 Å². The molecule has 2 aromatic rings. The topological polar surface area (TPSA) is 64.1 Å². The zero-order chi connectivity index (χ0) is 16.8. The zero-order valence-corrected chi connectivity index (χ0v) is 14.8. The van der Waals surface area contributed by atoms with Crippen molar-refractivity contribution in [2.75, 3.05) is 11.9 Å². The average Bonchev–Trinajstić information content (AvgIpc) is 3.22. The molecule has 1 aromatic carbocycles. The largest absolute Gasteiger partial charge is 0.484 e. The van der Waals surface area contributed by atoms with Gasteiger partial charge in [0.2, 0.25) is 5.13 Å². The molecule has 0 aliphatic heterocycles. The fraction of sp³-hybridized carbons (Fsp3) is 0.500. The number of carbonyl (C=O) groups excluding carboxylic acids is 1. The maximum absolute atomic E-state index is 12.0. The lowest BCUT2D eigenvalue weighted by molar-refractivity contribution is -0.118. The molecule has 1 aliphatic rings. The van der Waals surface area contributed by atoms with Gasteiger partial charge in [0.1, 0.15) is 10.8 Å². The Labute approximate surface area is 146 Å². The van der Waals surface area contributed by atoms with Crippen LogP contribution in [0.1, 0.15) is 48.7 Å². The highest BCUT2D eigenvalue weighted by Crippen LogP contribution is 2.26. The third-order valence-corrected chi connectivity index (χ3v) is 5.05. The molecule has 0 saturated carbocycles. The number of aromatic nitrogens is 2. The van der Waals surface area contributed by atoms with Gasteiger partial charge in [0.05, 0.1) is 0 Å². The number of unbranched alkanes of at least 4 members (excludes halogenated alkanes) is 2. The second-order valence-electron chi connectivity index (χ2n) is 6.08. The predicted molar refractivity (Wildman–Crippen MR) is 95.7 cm³/mol. The molecule has 5 nitrogen and oxygen atoms in total. The molecule has 0 saturated heterocycles. The van der Waals surface area contributed by atoms with E-state index in [2.05, 4.69) is 28.5 Å². The Hall–Kier alpha value is -1.95. The number of benzene rings is 1. The summed E-state index contributed by atoms with van der Waals surface area (Å²) in [7, 11) is 0. The van der Waals surface area contributed by atoms with Gasteiger partial charge in [-0.3, -0.25) is 10.1 Å². The lowest BCUT2D eigenvalue weighted by Crippen LogP contribution is -2.20. The second-order valence-corrected chi connectivity index (χ2v) is 7.14. The van der Waals surface area contributed by atoms with E-state index < -0.39 is 0 Å². The summed E-state index contributed by atoms with van der Waals surface area (Å²) < 4.78 is 5.60. The lowest BCUT2D eigenvalue weighted by Gasteiger charge is -2.07. The summed E-state index contributed by atoms with van der Waals surface area (Å²) in [6.07, 6.45) is 7.86. The summed E-state index contributed by atoms with van der Waals surface area (Å²) in [5.41, 5.74) is 2.74. The van der Waals surface area contributed by atoms with Crippen molar-refractivity contribution in [3.8, 4) is 5.75 Å². The Kier molecular flexibility index (Phi) is 5.80. The van der Waals surface area contributed by atoms with E-state index in [1.807, 2.05) is 12.1 Å². The minimum absolute atomic E-state index is 0.0104. The van der Waals surface area contributed by atoms with Crippen molar-refractivity contribution in [3.63, 3.8) is 0 Å². The van der Waals surface area contributed by atoms with Gasteiger partial charge in [0, 0.05) is 6.42 Å². The number of hydrogen-bond donors (Lipinski definition) is 1. The molecule has 0 bridgehead atoms. The Bertz CT molecular complexity index is 699. The summed E-state index contributed by atoms with van der Waals surface area (Å²) in [5, 5.41) is 12.4. The highest BCUT2D eigenvalue weighted by atomic mass is 32.1. The van der Waals surface area contributed by atoms with Gasteiger partial charge >= 0.3 is 0 Å². The van der Waals surface area contributed by atoms with E-state index in [0.717, 1.165) is 36.4 Å². The lowest BCUT2D eigenvalue weighted by atomic mass is 10.1. The summed E-state index contributed by atoms with van der Waals surface area (Å²) in [4.78, 5) is 12.0. The molecule has 1 heterocycles. The molecular weight excluding hydrogens is 322 g/mol. The Morgan fingerprint density at radius 2 is 2.12 bits per heavy atom. The minimum Gasteiger partial charge on any atom is -0.484 e. The molecule has 1 aliphatic carbocycles. The first-order chi connectivity index (χ1) is 11.7. The van der Waals surface area contributed by atoms with Crippen LogP contribution >= 0.6 is 11.3 Å². The van der Waals surface area contributed by atoms with E-state index in [9.17, 15) is 4.79 Å². The molecule has 0 fully saturated rings. The van der Waals surface area contributed by atoms with Crippen LogP contribution < -0.4 is 10.1 Å². The SMILES string of the molecule is CCCCCc1nnc(NC(=O)COc2ccc3c(c2)CCC3)s1. The van der Waals surface area contributed by atoms with Gasteiger partial charge in [-0.2, -0.15) is 0 Å². The van der Waals surface area contributed by atoms with Gasteiger partial charge in [0.25, 0.3) is 5.91 Å². The van der Waals surface area contributed by atoms with Gasteiger partial charge in [-0.05, 0) is 48.9 Å². The molecule has 6 heteroatoms. The highest BCUT2D eigenvalue weighted by molar-refractivity contribution is 7.15. The average molecular weight is 345 g/mol. The minimum atomic E-state index is -0.202. The van der Waals surface area contributed by atoms with Crippen molar-refractivity contribution in [2.24, 2.45) is 0 Å². The molecule has 24 heavy (non-hydrogen) atoms. The van der Waals surface area contributed by atoms with Crippen LogP contribution in [0.5, 0.6) is 5.75 Å². The monoisotopic (exact) mass is 345 g/mol. The molecule has 0 radical (unpaired) electrons. The Morgan fingerprint density at radius 1 is 1.25 bits per heavy atom. The number of nitrogens with one attached hydrogen (secondary N) is 1. The van der Waals surface area contributed by atoms with Crippen molar-refractivity contribution < 1.29 is 9.53 Å². The summed E-state index contributed by atoms with van der Waals surface area (Å²) in [5.74, 6) is 0.551. The molecule has 1 aromatic heterocycles. The standard InChI is InChI=1S/C18H23N3O2S/c1-2-3-4-8-17-20-21-18(24-17)19-16(22)12-23-15-10-9-13-6-5-7-14(13)11-15/h9-11H,2-8,12H2,1H3,(H,19,21,22). The summed E-state index contributed by atoms with van der Waals surface area (Å²) in [6.45, 7) is 2.16. The molecule has 3 rings (SSSR count). The second kappa shape index (κ2) is 8.24. The van der Waals surface area contributed by atoms with Crippen LogP contribution in [0.3, 0.4) is 0 Å². The van der Waals surface area contributed by atoms with Gasteiger partial charge in [-0.15, -0.1) is 10.2 Å². The number of fused-ring (bicyclic) bond motifs is 1. The van der Waals surface area contributed by atoms with E-state index in [-0.39, 0.29) is 12.5 Å². The van der Waals surface area contributed by atoms with E-state index >= 15 is 0 Å². The van der Waals surface area contributed by atoms with Crippen LogP contribution in [0.2, 0.25) is 0 Å².